The van der Waals surface area contributed by atoms with Crippen LogP contribution in [0.5, 0.6) is 0 Å². The third kappa shape index (κ3) is 4.15. The van der Waals surface area contributed by atoms with Crippen LogP contribution in [0.15, 0.2) is 36.7 Å². The highest BCUT2D eigenvalue weighted by atomic mass is 32.1. The van der Waals surface area contributed by atoms with Gasteiger partial charge in [-0.25, -0.2) is 0 Å². The van der Waals surface area contributed by atoms with Gasteiger partial charge in [0.1, 0.15) is 18.7 Å². The van der Waals surface area contributed by atoms with Crippen molar-refractivity contribution in [3.05, 3.63) is 41.5 Å². The van der Waals surface area contributed by atoms with Gasteiger partial charge in [0, 0.05) is 29.4 Å². The number of hydrogen-bond acceptors (Lipinski definition) is 6. The van der Waals surface area contributed by atoms with E-state index in [9.17, 15) is 14.4 Å². The average Bonchev–Trinajstić information content (AvgIpc) is 3.45. The molecule has 2 saturated heterocycles. The predicted molar refractivity (Wildman–Crippen MR) is 113 cm³/mol. The summed E-state index contributed by atoms with van der Waals surface area (Å²) in [6, 6.07) is 6.26. The number of amides is 2. The lowest BCUT2D eigenvalue weighted by Crippen LogP contribution is -2.52. The van der Waals surface area contributed by atoms with E-state index >= 15 is 0 Å². The molecular weight excluding hydrogens is 402 g/mol. The number of likely N-dealkylation sites (tertiary alicyclic amines) is 1. The fourth-order valence-electron chi connectivity index (χ4n) is 4.09. The van der Waals surface area contributed by atoms with Crippen molar-refractivity contribution in [1.29, 1.82) is 0 Å². The van der Waals surface area contributed by atoms with Gasteiger partial charge in [0.05, 0.1) is 11.0 Å². The van der Waals surface area contributed by atoms with Crippen molar-refractivity contribution < 1.29 is 19.1 Å². The molecule has 4 rings (SSSR count). The first-order valence-corrected chi connectivity index (χ1v) is 11.0. The largest absolute Gasteiger partial charge is 0.368 e. The molecule has 3 unspecified atom stereocenters. The number of pyridine rings is 1. The maximum Gasteiger partial charge on any atom is 0.262 e. The van der Waals surface area contributed by atoms with Gasteiger partial charge >= 0.3 is 0 Å². The van der Waals surface area contributed by atoms with Crippen molar-refractivity contribution in [2.45, 2.75) is 44.9 Å². The number of aromatic nitrogens is 1. The molecule has 2 fully saturated rings. The fraction of sp³-hybridized carbons (Fsp3) is 0.455. The lowest BCUT2D eigenvalue weighted by atomic mass is 10.0. The lowest BCUT2D eigenvalue weighted by Gasteiger charge is -2.28. The normalized spacial score (nSPS) is 21.7. The summed E-state index contributed by atoms with van der Waals surface area (Å²) < 4.78 is 5.49. The third-order valence-corrected chi connectivity index (χ3v) is 6.61. The Morgan fingerprint density at radius 1 is 1.33 bits per heavy atom. The van der Waals surface area contributed by atoms with Crippen LogP contribution in [0, 0.1) is 5.92 Å². The Labute approximate surface area is 179 Å². The number of nitrogens with zero attached hydrogens (tertiary/aromatic N) is 2. The van der Waals surface area contributed by atoms with Gasteiger partial charge < -0.3 is 15.0 Å². The number of thiophene rings is 1. The zero-order valence-electron chi connectivity index (χ0n) is 17.0. The van der Waals surface area contributed by atoms with Crippen molar-refractivity contribution in [2.24, 2.45) is 5.92 Å². The van der Waals surface area contributed by atoms with Crippen molar-refractivity contribution in [2.75, 3.05) is 13.2 Å². The maximum atomic E-state index is 13.3. The van der Waals surface area contributed by atoms with Crippen LogP contribution < -0.4 is 5.32 Å². The highest BCUT2D eigenvalue weighted by molar-refractivity contribution is 7.17. The van der Waals surface area contributed by atoms with Gasteiger partial charge in [0.2, 0.25) is 5.91 Å². The van der Waals surface area contributed by atoms with Gasteiger partial charge in [-0.15, -0.1) is 11.3 Å². The minimum Gasteiger partial charge on any atom is -0.368 e. The Hall–Kier alpha value is -2.58. The zero-order valence-corrected chi connectivity index (χ0v) is 17.9. The molecule has 0 aromatic carbocycles. The van der Waals surface area contributed by atoms with Crippen molar-refractivity contribution in [3.8, 4) is 10.4 Å². The molecule has 1 N–H and O–H groups in total. The van der Waals surface area contributed by atoms with Gasteiger partial charge in [-0.3, -0.25) is 19.4 Å². The second-order valence-electron chi connectivity index (χ2n) is 8.14. The average molecular weight is 428 g/mol. The second-order valence-corrected chi connectivity index (χ2v) is 9.23. The van der Waals surface area contributed by atoms with E-state index in [1.807, 2.05) is 32.0 Å². The smallest absolute Gasteiger partial charge is 0.262 e. The van der Waals surface area contributed by atoms with Gasteiger partial charge in [-0.05, 0) is 37.0 Å². The van der Waals surface area contributed by atoms with E-state index < -0.39 is 12.1 Å². The molecule has 30 heavy (non-hydrogen) atoms. The highest BCUT2D eigenvalue weighted by Gasteiger charge is 2.48. The van der Waals surface area contributed by atoms with Crippen LogP contribution in [0.2, 0.25) is 0 Å². The van der Waals surface area contributed by atoms with Gasteiger partial charge in [-0.1, -0.05) is 19.9 Å². The van der Waals surface area contributed by atoms with E-state index in [2.05, 4.69) is 10.3 Å². The summed E-state index contributed by atoms with van der Waals surface area (Å²) >= 11 is 1.36. The first-order valence-electron chi connectivity index (χ1n) is 10.2. The summed E-state index contributed by atoms with van der Waals surface area (Å²) in [4.78, 5) is 45.6. The van der Waals surface area contributed by atoms with Gasteiger partial charge in [0.25, 0.3) is 5.91 Å². The molecule has 158 valence electrons. The lowest BCUT2D eigenvalue weighted by molar-refractivity contribution is -0.138. The number of nitrogens with one attached hydrogen (secondary N) is 1. The number of fused-ring (bicyclic) bond motifs is 1. The summed E-state index contributed by atoms with van der Waals surface area (Å²) in [5.74, 6) is -0.325. The fourth-order valence-corrected chi connectivity index (χ4v) is 4.99. The Balaban J connectivity index is 1.49. The molecular formula is C22H25N3O4S. The van der Waals surface area contributed by atoms with Crippen LogP contribution in [-0.2, 0) is 14.3 Å². The molecule has 3 atom stereocenters. The standard InChI is InChI=1S/C22H25N3O4S/c1-13(2)10-15(22(28)25-9-7-17-20(25)16(26)12-29-17)24-21(27)19-6-5-18(30-19)14-4-3-8-23-11-14/h3-6,8,11,13,15,17,20H,7,9-10,12H2,1-2H3,(H,24,27). The first kappa shape index (κ1) is 20.7. The summed E-state index contributed by atoms with van der Waals surface area (Å²) in [6.07, 6.45) is 4.41. The third-order valence-electron chi connectivity index (χ3n) is 5.48. The van der Waals surface area contributed by atoms with Crippen LogP contribution in [0.1, 0.15) is 36.4 Å². The minimum absolute atomic E-state index is 0.0557. The molecule has 2 aliphatic rings. The monoisotopic (exact) mass is 427 g/mol. The first-order chi connectivity index (χ1) is 14.4. The Kier molecular flexibility index (Phi) is 5.97. The van der Waals surface area contributed by atoms with E-state index in [-0.39, 0.29) is 36.2 Å². The van der Waals surface area contributed by atoms with Crippen molar-refractivity contribution in [3.63, 3.8) is 0 Å². The number of hydrogen-bond donors (Lipinski definition) is 1. The van der Waals surface area contributed by atoms with Crippen LogP contribution in [0.4, 0.5) is 0 Å². The summed E-state index contributed by atoms with van der Waals surface area (Å²) in [5.41, 5.74) is 0.944. The zero-order chi connectivity index (χ0) is 21.3. The molecule has 8 heteroatoms. The predicted octanol–water partition coefficient (Wildman–Crippen LogP) is 2.52. The minimum atomic E-state index is -0.673. The van der Waals surface area contributed by atoms with Crippen molar-refractivity contribution >= 4 is 28.9 Å². The van der Waals surface area contributed by atoms with Crippen LogP contribution >= 0.6 is 11.3 Å². The Morgan fingerprint density at radius 3 is 2.90 bits per heavy atom. The van der Waals surface area contributed by atoms with E-state index in [1.165, 1.54) is 11.3 Å². The Morgan fingerprint density at radius 2 is 2.17 bits per heavy atom. The summed E-state index contributed by atoms with van der Waals surface area (Å²) in [7, 11) is 0. The molecule has 0 aliphatic carbocycles. The van der Waals surface area contributed by atoms with Crippen LogP contribution in [0.3, 0.4) is 0 Å². The number of rotatable bonds is 6. The van der Waals surface area contributed by atoms with Crippen LogP contribution in [-0.4, -0.2) is 58.8 Å². The molecule has 4 heterocycles. The van der Waals surface area contributed by atoms with E-state index in [0.717, 1.165) is 10.4 Å². The topological polar surface area (TPSA) is 88.6 Å². The van der Waals surface area contributed by atoms with Gasteiger partial charge in [0.15, 0.2) is 5.78 Å². The van der Waals surface area contributed by atoms with E-state index in [0.29, 0.717) is 24.3 Å². The quantitative estimate of drug-likeness (QED) is 0.765. The molecule has 7 nitrogen and oxygen atoms in total. The number of Topliss-reactive ketones (excluding diaryl/α,β-unsaturated/α-hetero) is 1. The van der Waals surface area contributed by atoms with E-state index in [4.69, 9.17) is 4.74 Å². The molecule has 2 aromatic heterocycles. The summed E-state index contributed by atoms with van der Waals surface area (Å²) in [6.45, 7) is 4.56. The van der Waals surface area contributed by atoms with Crippen LogP contribution in [0.25, 0.3) is 10.4 Å². The molecule has 2 aromatic rings. The number of carbonyl (C=O) groups is 3. The number of carbonyl (C=O) groups excluding carboxylic acids is 3. The summed E-state index contributed by atoms with van der Waals surface area (Å²) in [5, 5.41) is 2.91. The molecule has 2 aliphatic heterocycles. The van der Waals surface area contributed by atoms with Gasteiger partial charge in [-0.2, -0.15) is 0 Å². The number of ketones is 1. The number of ether oxygens (including phenoxy) is 1. The molecule has 0 radical (unpaired) electrons. The maximum absolute atomic E-state index is 13.3. The SMILES string of the molecule is CC(C)CC(NC(=O)c1ccc(-c2cccnc2)s1)C(=O)N1CCC2OCC(=O)C21. The molecule has 0 bridgehead atoms. The second kappa shape index (κ2) is 8.65. The molecule has 2 amide bonds. The highest BCUT2D eigenvalue weighted by Crippen LogP contribution is 2.29. The molecule has 0 spiro atoms. The van der Waals surface area contributed by atoms with Crippen molar-refractivity contribution in [1.82, 2.24) is 15.2 Å². The molecule has 0 saturated carbocycles. The Bertz CT molecular complexity index is 943. The van der Waals surface area contributed by atoms with E-state index in [1.54, 1.807) is 23.4 Å².